The molecule has 2 atom stereocenters. The van der Waals surface area contributed by atoms with Crippen LogP contribution in [0.5, 0.6) is 0 Å². The number of benzene rings is 1. The fraction of sp³-hybridized carbons (Fsp3) is 0.625. The van der Waals surface area contributed by atoms with Crippen molar-refractivity contribution in [2.45, 2.75) is 38.8 Å². The van der Waals surface area contributed by atoms with Crippen LogP contribution in [0, 0.1) is 6.92 Å². The van der Waals surface area contributed by atoms with E-state index in [1.54, 1.807) is 0 Å². The number of ether oxygens (including phenoxy) is 2. The topological polar surface area (TPSA) is 30.5 Å². The largest absolute Gasteiger partial charge is 0.379 e. The number of rotatable bonds is 7. The molecular formula is C16H25NO2. The summed E-state index contributed by atoms with van der Waals surface area (Å²) in [6, 6.07) is 8.94. The third kappa shape index (κ3) is 4.60. The van der Waals surface area contributed by atoms with Crippen LogP contribution >= 0.6 is 0 Å². The van der Waals surface area contributed by atoms with E-state index in [-0.39, 0.29) is 0 Å². The predicted octanol–water partition coefficient (Wildman–Crippen LogP) is 2.84. The molecule has 3 heteroatoms. The Labute approximate surface area is 116 Å². The van der Waals surface area contributed by atoms with Crippen LogP contribution in [0.25, 0.3) is 0 Å². The normalized spacial score (nSPS) is 20.6. The van der Waals surface area contributed by atoms with Crippen molar-refractivity contribution in [3.8, 4) is 0 Å². The lowest BCUT2D eigenvalue weighted by Crippen LogP contribution is -2.22. The second-order valence-electron chi connectivity index (χ2n) is 5.24. The summed E-state index contributed by atoms with van der Waals surface area (Å²) in [5.41, 5.74) is 2.73. The Morgan fingerprint density at radius 3 is 3.00 bits per heavy atom. The fourth-order valence-electron chi connectivity index (χ4n) is 2.47. The summed E-state index contributed by atoms with van der Waals surface area (Å²) in [5, 5.41) is 3.55. The van der Waals surface area contributed by atoms with Crippen LogP contribution in [0.1, 0.15) is 36.9 Å². The molecule has 1 aliphatic heterocycles. The maximum absolute atomic E-state index is 5.75. The van der Waals surface area contributed by atoms with Gasteiger partial charge in [-0.2, -0.15) is 0 Å². The Hall–Kier alpha value is -0.900. The van der Waals surface area contributed by atoms with Crippen molar-refractivity contribution >= 4 is 0 Å². The summed E-state index contributed by atoms with van der Waals surface area (Å²) < 4.78 is 11.0. The van der Waals surface area contributed by atoms with Crippen molar-refractivity contribution in [3.63, 3.8) is 0 Å². The average Bonchev–Trinajstić information content (AvgIpc) is 2.92. The average molecular weight is 263 g/mol. The van der Waals surface area contributed by atoms with Gasteiger partial charge in [0.25, 0.3) is 0 Å². The van der Waals surface area contributed by atoms with Crippen LogP contribution in [0.3, 0.4) is 0 Å². The molecule has 2 rings (SSSR count). The van der Waals surface area contributed by atoms with Gasteiger partial charge in [0.1, 0.15) is 0 Å². The molecule has 0 bridgehead atoms. The Bertz CT molecular complexity index is 375. The lowest BCUT2D eigenvalue weighted by Gasteiger charge is -2.17. The van der Waals surface area contributed by atoms with E-state index in [1.807, 2.05) is 0 Å². The van der Waals surface area contributed by atoms with Gasteiger partial charge in [-0.1, -0.05) is 24.3 Å². The zero-order valence-electron chi connectivity index (χ0n) is 12.0. The molecule has 0 aliphatic carbocycles. The van der Waals surface area contributed by atoms with E-state index in [9.17, 15) is 0 Å². The quantitative estimate of drug-likeness (QED) is 0.767. The number of hydrogen-bond donors (Lipinski definition) is 1. The molecule has 0 radical (unpaired) electrons. The van der Waals surface area contributed by atoms with Crippen LogP contribution in [-0.2, 0) is 9.47 Å². The second kappa shape index (κ2) is 7.63. The highest BCUT2D eigenvalue weighted by Crippen LogP contribution is 2.16. The highest BCUT2D eigenvalue weighted by atomic mass is 16.5. The summed E-state index contributed by atoms with van der Waals surface area (Å²) in [6.07, 6.45) is 2.42. The third-order valence-corrected chi connectivity index (χ3v) is 3.67. The molecule has 19 heavy (non-hydrogen) atoms. The van der Waals surface area contributed by atoms with Crippen molar-refractivity contribution in [1.82, 2.24) is 5.32 Å². The van der Waals surface area contributed by atoms with Crippen molar-refractivity contribution < 1.29 is 9.47 Å². The number of aryl methyl sites for hydroxylation is 1. The van der Waals surface area contributed by atoms with Gasteiger partial charge in [0, 0.05) is 19.3 Å². The molecule has 1 aromatic carbocycles. The van der Waals surface area contributed by atoms with Gasteiger partial charge in [0.15, 0.2) is 0 Å². The first kappa shape index (κ1) is 14.5. The smallest absolute Gasteiger partial charge is 0.0830 e. The SMILES string of the molecule is Cc1ccccc1C(C)NCCCOC1CCOC1. The van der Waals surface area contributed by atoms with Crippen LogP contribution in [0.15, 0.2) is 24.3 Å². The first-order chi connectivity index (χ1) is 9.27. The zero-order valence-corrected chi connectivity index (χ0v) is 12.0. The zero-order chi connectivity index (χ0) is 13.5. The molecule has 1 aliphatic rings. The van der Waals surface area contributed by atoms with Gasteiger partial charge in [-0.25, -0.2) is 0 Å². The lowest BCUT2D eigenvalue weighted by atomic mass is 10.0. The Morgan fingerprint density at radius 1 is 1.42 bits per heavy atom. The Kier molecular flexibility index (Phi) is 5.83. The maximum atomic E-state index is 5.75. The molecule has 0 aromatic heterocycles. The van der Waals surface area contributed by atoms with Gasteiger partial charge >= 0.3 is 0 Å². The molecule has 0 spiro atoms. The number of nitrogens with one attached hydrogen (secondary N) is 1. The Morgan fingerprint density at radius 2 is 2.26 bits per heavy atom. The summed E-state index contributed by atoms with van der Waals surface area (Å²) >= 11 is 0. The van der Waals surface area contributed by atoms with Crippen LogP contribution < -0.4 is 5.32 Å². The van der Waals surface area contributed by atoms with E-state index in [4.69, 9.17) is 9.47 Å². The summed E-state index contributed by atoms with van der Waals surface area (Å²) in [6.45, 7) is 7.82. The van der Waals surface area contributed by atoms with Crippen molar-refractivity contribution in [1.29, 1.82) is 0 Å². The summed E-state index contributed by atoms with van der Waals surface area (Å²) in [7, 11) is 0. The molecular weight excluding hydrogens is 238 g/mol. The Balaban J connectivity index is 1.61. The molecule has 1 fully saturated rings. The fourth-order valence-corrected chi connectivity index (χ4v) is 2.47. The molecule has 0 saturated carbocycles. The predicted molar refractivity (Wildman–Crippen MR) is 77.4 cm³/mol. The highest BCUT2D eigenvalue weighted by molar-refractivity contribution is 5.28. The van der Waals surface area contributed by atoms with Crippen molar-refractivity contribution in [2.24, 2.45) is 0 Å². The van der Waals surface area contributed by atoms with Crippen molar-refractivity contribution in [2.75, 3.05) is 26.4 Å². The minimum Gasteiger partial charge on any atom is -0.379 e. The lowest BCUT2D eigenvalue weighted by molar-refractivity contribution is 0.0414. The third-order valence-electron chi connectivity index (χ3n) is 3.67. The molecule has 1 aromatic rings. The van der Waals surface area contributed by atoms with E-state index in [0.29, 0.717) is 12.1 Å². The van der Waals surface area contributed by atoms with E-state index in [1.165, 1.54) is 11.1 Å². The molecule has 2 unspecified atom stereocenters. The first-order valence-corrected chi connectivity index (χ1v) is 7.25. The van der Waals surface area contributed by atoms with E-state index in [0.717, 1.165) is 39.2 Å². The van der Waals surface area contributed by atoms with Gasteiger partial charge in [0.05, 0.1) is 12.7 Å². The summed E-state index contributed by atoms with van der Waals surface area (Å²) in [4.78, 5) is 0. The first-order valence-electron chi connectivity index (χ1n) is 7.25. The minimum atomic E-state index is 0.328. The van der Waals surface area contributed by atoms with Crippen LogP contribution in [-0.4, -0.2) is 32.5 Å². The molecule has 1 N–H and O–H groups in total. The minimum absolute atomic E-state index is 0.328. The second-order valence-corrected chi connectivity index (χ2v) is 5.24. The molecule has 1 heterocycles. The standard InChI is InChI=1S/C16H25NO2/c1-13-6-3-4-7-16(13)14(2)17-9-5-10-19-15-8-11-18-12-15/h3-4,6-7,14-15,17H,5,8-12H2,1-2H3. The van der Waals surface area contributed by atoms with Gasteiger partial charge in [-0.15, -0.1) is 0 Å². The molecule has 1 saturated heterocycles. The number of hydrogen-bond acceptors (Lipinski definition) is 3. The van der Waals surface area contributed by atoms with E-state index >= 15 is 0 Å². The van der Waals surface area contributed by atoms with Crippen LogP contribution in [0.2, 0.25) is 0 Å². The van der Waals surface area contributed by atoms with Gasteiger partial charge in [0.2, 0.25) is 0 Å². The van der Waals surface area contributed by atoms with Crippen molar-refractivity contribution in [3.05, 3.63) is 35.4 Å². The van der Waals surface area contributed by atoms with Gasteiger partial charge in [-0.05, 0) is 44.4 Å². The molecule has 3 nitrogen and oxygen atoms in total. The molecule has 106 valence electrons. The van der Waals surface area contributed by atoms with Crippen LogP contribution in [0.4, 0.5) is 0 Å². The molecule has 0 amide bonds. The van der Waals surface area contributed by atoms with Gasteiger partial charge in [-0.3, -0.25) is 0 Å². The monoisotopic (exact) mass is 263 g/mol. The van der Waals surface area contributed by atoms with E-state index in [2.05, 4.69) is 43.4 Å². The summed E-state index contributed by atoms with van der Waals surface area (Å²) in [5.74, 6) is 0. The van der Waals surface area contributed by atoms with E-state index < -0.39 is 0 Å². The maximum Gasteiger partial charge on any atom is 0.0830 e. The van der Waals surface area contributed by atoms with Gasteiger partial charge < -0.3 is 14.8 Å². The highest BCUT2D eigenvalue weighted by Gasteiger charge is 2.15.